The maximum atomic E-state index is 10.6. The van der Waals surface area contributed by atoms with Crippen LogP contribution in [-0.4, -0.2) is 35.6 Å². The number of carboxylic acids is 1. The molecule has 82 valence electrons. The van der Waals surface area contributed by atoms with E-state index < -0.39 is 5.97 Å². The normalized spacial score (nSPS) is 33.3. The van der Waals surface area contributed by atoms with Crippen LogP contribution in [0.25, 0.3) is 0 Å². The van der Waals surface area contributed by atoms with Crippen molar-refractivity contribution in [1.82, 2.24) is 4.90 Å². The molecule has 0 spiro atoms. The molecule has 0 aromatic carbocycles. The number of nitrogens with zero attached hydrogens (tertiary/aromatic N) is 1. The predicted octanol–water partition coefficient (Wildman–Crippen LogP) is 1.83. The van der Waals surface area contributed by atoms with Crippen molar-refractivity contribution < 1.29 is 9.90 Å². The summed E-state index contributed by atoms with van der Waals surface area (Å²) in [7, 11) is 1.92. The first-order chi connectivity index (χ1) is 6.50. The second-order valence-electron chi connectivity index (χ2n) is 4.77. The monoisotopic (exact) mass is 199 g/mol. The van der Waals surface area contributed by atoms with Crippen molar-refractivity contribution in [3.63, 3.8) is 0 Å². The fraction of sp³-hybridized carbons (Fsp3) is 0.909. The Balaban J connectivity index is 2.46. The van der Waals surface area contributed by atoms with Gasteiger partial charge in [0.25, 0.3) is 0 Å². The molecule has 0 saturated heterocycles. The van der Waals surface area contributed by atoms with Gasteiger partial charge in [0.15, 0.2) is 0 Å². The molecule has 1 N–H and O–H groups in total. The molecule has 0 bridgehead atoms. The lowest BCUT2D eigenvalue weighted by Gasteiger charge is -2.37. The van der Waals surface area contributed by atoms with Crippen LogP contribution in [0.15, 0.2) is 0 Å². The molecule has 3 nitrogen and oxygen atoms in total. The number of aliphatic carboxylic acids is 1. The van der Waals surface area contributed by atoms with Gasteiger partial charge in [-0.2, -0.15) is 0 Å². The first-order valence-electron chi connectivity index (χ1n) is 5.42. The Morgan fingerprint density at radius 1 is 1.43 bits per heavy atom. The molecule has 0 radical (unpaired) electrons. The van der Waals surface area contributed by atoms with Crippen molar-refractivity contribution in [3.05, 3.63) is 0 Å². The molecule has 1 saturated carbocycles. The Morgan fingerprint density at radius 3 is 2.57 bits per heavy atom. The van der Waals surface area contributed by atoms with Gasteiger partial charge in [0, 0.05) is 6.04 Å². The van der Waals surface area contributed by atoms with Gasteiger partial charge < -0.3 is 5.11 Å². The molecule has 1 aliphatic carbocycles. The smallest absolute Gasteiger partial charge is 0.317 e. The standard InChI is InChI=1S/C11H21NO2/c1-8-4-5-10(9(2)6-8)12(3)7-11(13)14/h8-10H,4-7H2,1-3H3,(H,13,14). The van der Waals surface area contributed by atoms with Crippen LogP contribution in [0.2, 0.25) is 0 Å². The molecule has 0 aliphatic heterocycles. The van der Waals surface area contributed by atoms with Gasteiger partial charge >= 0.3 is 5.97 Å². The summed E-state index contributed by atoms with van der Waals surface area (Å²) >= 11 is 0. The Bertz CT molecular complexity index is 205. The third-order valence-corrected chi connectivity index (χ3v) is 3.34. The quantitative estimate of drug-likeness (QED) is 0.754. The summed E-state index contributed by atoms with van der Waals surface area (Å²) in [5, 5.41) is 8.71. The van der Waals surface area contributed by atoms with E-state index in [1.165, 1.54) is 12.8 Å². The molecule has 1 aliphatic rings. The van der Waals surface area contributed by atoms with Crippen molar-refractivity contribution in [1.29, 1.82) is 0 Å². The molecule has 0 amide bonds. The maximum Gasteiger partial charge on any atom is 0.317 e. The van der Waals surface area contributed by atoms with E-state index in [1.54, 1.807) is 0 Å². The van der Waals surface area contributed by atoms with Gasteiger partial charge in [-0.25, -0.2) is 0 Å². The molecule has 3 unspecified atom stereocenters. The van der Waals surface area contributed by atoms with Crippen molar-refractivity contribution in [2.45, 2.75) is 39.2 Å². The highest BCUT2D eigenvalue weighted by molar-refractivity contribution is 5.69. The SMILES string of the molecule is CC1CCC(N(C)CC(=O)O)C(C)C1. The van der Waals surface area contributed by atoms with E-state index in [9.17, 15) is 4.79 Å². The van der Waals surface area contributed by atoms with Crippen molar-refractivity contribution in [2.24, 2.45) is 11.8 Å². The molecular weight excluding hydrogens is 178 g/mol. The lowest BCUT2D eigenvalue weighted by molar-refractivity contribution is -0.138. The highest BCUT2D eigenvalue weighted by Gasteiger charge is 2.28. The van der Waals surface area contributed by atoms with Gasteiger partial charge in [-0.1, -0.05) is 13.8 Å². The second-order valence-corrected chi connectivity index (χ2v) is 4.77. The van der Waals surface area contributed by atoms with Gasteiger partial charge in [0.2, 0.25) is 0 Å². The molecule has 0 heterocycles. The molecule has 0 aromatic rings. The fourth-order valence-corrected chi connectivity index (χ4v) is 2.63. The van der Waals surface area contributed by atoms with Gasteiger partial charge in [-0.15, -0.1) is 0 Å². The van der Waals surface area contributed by atoms with Crippen LogP contribution >= 0.6 is 0 Å². The second kappa shape index (κ2) is 4.78. The minimum atomic E-state index is -0.724. The lowest BCUT2D eigenvalue weighted by atomic mass is 9.79. The van der Waals surface area contributed by atoms with E-state index in [0.29, 0.717) is 12.0 Å². The van der Waals surface area contributed by atoms with Gasteiger partial charge in [-0.3, -0.25) is 9.69 Å². The zero-order chi connectivity index (χ0) is 10.7. The summed E-state index contributed by atoms with van der Waals surface area (Å²) in [6.07, 6.45) is 3.61. The summed E-state index contributed by atoms with van der Waals surface area (Å²) in [4.78, 5) is 12.6. The Labute approximate surface area is 86.1 Å². The third kappa shape index (κ3) is 2.98. The highest BCUT2D eigenvalue weighted by Crippen LogP contribution is 2.31. The van der Waals surface area contributed by atoms with E-state index in [4.69, 9.17) is 5.11 Å². The molecule has 3 atom stereocenters. The molecular formula is C11H21NO2. The summed E-state index contributed by atoms with van der Waals surface area (Å²) in [5.74, 6) is 0.709. The number of hydrogen-bond donors (Lipinski definition) is 1. The van der Waals surface area contributed by atoms with Crippen LogP contribution in [0.4, 0.5) is 0 Å². The topological polar surface area (TPSA) is 40.5 Å². The van der Waals surface area contributed by atoms with Crippen LogP contribution in [-0.2, 0) is 4.79 Å². The van der Waals surface area contributed by atoms with Gasteiger partial charge in [0.05, 0.1) is 6.54 Å². The van der Waals surface area contributed by atoms with E-state index >= 15 is 0 Å². The van der Waals surface area contributed by atoms with E-state index in [2.05, 4.69) is 13.8 Å². The predicted molar refractivity (Wildman–Crippen MR) is 56.2 cm³/mol. The number of carboxylic acid groups (broad SMARTS) is 1. The van der Waals surface area contributed by atoms with Crippen LogP contribution in [0.3, 0.4) is 0 Å². The Morgan fingerprint density at radius 2 is 2.07 bits per heavy atom. The maximum absolute atomic E-state index is 10.6. The lowest BCUT2D eigenvalue weighted by Crippen LogP contribution is -2.42. The molecule has 1 rings (SSSR count). The number of hydrogen-bond acceptors (Lipinski definition) is 2. The summed E-state index contributed by atoms with van der Waals surface area (Å²) < 4.78 is 0. The molecule has 3 heteroatoms. The first kappa shape index (κ1) is 11.5. The summed E-state index contributed by atoms with van der Waals surface area (Å²) in [6.45, 7) is 4.69. The van der Waals surface area contributed by atoms with E-state index in [0.717, 1.165) is 12.3 Å². The van der Waals surface area contributed by atoms with Crippen molar-refractivity contribution in [2.75, 3.05) is 13.6 Å². The molecule has 1 fully saturated rings. The molecule has 14 heavy (non-hydrogen) atoms. The number of rotatable bonds is 3. The average Bonchev–Trinajstić information content (AvgIpc) is 2.01. The van der Waals surface area contributed by atoms with Crippen LogP contribution in [0.1, 0.15) is 33.1 Å². The van der Waals surface area contributed by atoms with Crippen molar-refractivity contribution in [3.8, 4) is 0 Å². The minimum Gasteiger partial charge on any atom is -0.480 e. The third-order valence-electron chi connectivity index (χ3n) is 3.34. The minimum absolute atomic E-state index is 0.170. The van der Waals surface area contributed by atoms with E-state index in [-0.39, 0.29) is 6.54 Å². The molecule has 0 aromatic heterocycles. The Hall–Kier alpha value is -0.570. The Kier molecular flexibility index (Phi) is 3.93. The summed E-state index contributed by atoms with van der Waals surface area (Å²) in [6, 6.07) is 0.460. The van der Waals surface area contributed by atoms with Crippen molar-refractivity contribution >= 4 is 5.97 Å². The number of likely N-dealkylation sites (N-methyl/N-ethyl adjacent to an activating group) is 1. The van der Waals surface area contributed by atoms with Gasteiger partial charge in [0.1, 0.15) is 0 Å². The highest BCUT2D eigenvalue weighted by atomic mass is 16.4. The largest absolute Gasteiger partial charge is 0.480 e. The first-order valence-corrected chi connectivity index (χ1v) is 5.42. The van der Waals surface area contributed by atoms with Gasteiger partial charge in [-0.05, 0) is 38.1 Å². The average molecular weight is 199 g/mol. The van der Waals surface area contributed by atoms with Crippen LogP contribution in [0.5, 0.6) is 0 Å². The zero-order valence-electron chi connectivity index (χ0n) is 9.36. The number of carbonyl (C=O) groups is 1. The van der Waals surface area contributed by atoms with E-state index in [1.807, 2.05) is 11.9 Å². The van der Waals surface area contributed by atoms with Crippen LogP contribution in [0, 0.1) is 11.8 Å². The summed E-state index contributed by atoms with van der Waals surface area (Å²) in [5.41, 5.74) is 0. The van der Waals surface area contributed by atoms with Crippen LogP contribution < -0.4 is 0 Å². The zero-order valence-corrected chi connectivity index (χ0v) is 9.36. The fourth-order valence-electron chi connectivity index (χ4n) is 2.63.